The predicted molar refractivity (Wildman–Crippen MR) is 97.8 cm³/mol. The maximum absolute atomic E-state index is 12.5. The maximum Gasteiger partial charge on any atom is 0.253 e. The summed E-state index contributed by atoms with van der Waals surface area (Å²) in [6.45, 7) is 0.607. The molecule has 3 nitrogen and oxygen atoms in total. The maximum atomic E-state index is 12.5. The molecule has 1 aliphatic carbocycles. The van der Waals surface area contributed by atoms with Gasteiger partial charge in [-0.15, -0.1) is 24.2 Å². The van der Waals surface area contributed by atoms with Crippen molar-refractivity contribution >= 4 is 53.3 Å². The first-order valence-electron chi connectivity index (χ1n) is 7.10. The third kappa shape index (κ3) is 4.68. The van der Waals surface area contributed by atoms with Crippen molar-refractivity contribution in [2.45, 2.75) is 36.6 Å². The van der Waals surface area contributed by atoms with E-state index in [1.165, 1.54) is 18.2 Å². The first-order valence-corrected chi connectivity index (χ1v) is 9.08. The second kappa shape index (κ2) is 9.24. The molecule has 124 valence electrons. The molecule has 1 aromatic carbocycles. The van der Waals surface area contributed by atoms with Gasteiger partial charge in [0.05, 0.1) is 15.6 Å². The Balaban J connectivity index is 0.00000242. The fourth-order valence-electron chi connectivity index (χ4n) is 2.79. The topological polar surface area (TPSA) is 55.1 Å². The van der Waals surface area contributed by atoms with Gasteiger partial charge in [-0.25, -0.2) is 0 Å². The number of carbonyl (C=O) groups excluding carboxylic acids is 1. The fourth-order valence-corrected chi connectivity index (χ4v) is 3.98. The summed E-state index contributed by atoms with van der Waals surface area (Å²) in [5.74, 6) is 0.214. The molecular weight excluding hydrogens is 363 g/mol. The Kier molecular flexibility index (Phi) is 8.36. The van der Waals surface area contributed by atoms with Crippen molar-refractivity contribution in [3.63, 3.8) is 0 Å². The normalized spacial score (nSPS) is 21.1. The molecule has 2 unspecified atom stereocenters. The van der Waals surface area contributed by atoms with Crippen molar-refractivity contribution in [3.05, 3.63) is 27.7 Å². The Morgan fingerprint density at radius 3 is 2.64 bits per heavy atom. The number of carbonyl (C=O) groups is 1. The van der Waals surface area contributed by atoms with Gasteiger partial charge < -0.3 is 11.1 Å². The number of thioether (sulfide) groups is 1. The minimum Gasteiger partial charge on any atom is -0.349 e. The molecule has 1 aliphatic rings. The van der Waals surface area contributed by atoms with E-state index in [4.69, 9.17) is 28.9 Å². The van der Waals surface area contributed by atoms with Crippen LogP contribution in [0.2, 0.25) is 10.0 Å². The minimum absolute atomic E-state index is 0. The Bertz CT molecular complexity index is 528. The highest BCUT2D eigenvalue weighted by Crippen LogP contribution is 2.31. The Morgan fingerprint density at radius 1 is 1.32 bits per heavy atom. The summed E-state index contributed by atoms with van der Waals surface area (Å²) in [4.78, 5) is 13.3. The Hall–Kier alpha value is -0.130. The monoisotopic (exact) mass is 382 g/mol. The summed E-state index contributed by atoms with van der Waals surface area (Å²) in [6, 6.07) is 3.52. The number of amides is 1. The van der Waals surface area contributed by atoms with Gasteiger partial charge in [-0.3, -0.25) is 4.79 Å². The van der Waals surface area contributed by atoms with Crippen molar-refractivity contribution in [1.82, 2.24) is 5.32 Å². The van der Waals surface area contributed by atoms with Crippen LogP contribution in [0.15, 0.2) is 17.0 Å². The average Bonchev–Trinajstić information content (AvgIpc) is 2.47. The van der Waals surface area contributed by atoms with Gasteiger partial charge in [0, 0.05) is 10.9 Å². The SMILES string of the molecule is CSc1cc(C(=O)NC2CCCCC2CN)c(Cl)cc1Cl.Cl. The first-order chi connectivity index (χ1) is 10.1. The molecule has 2 rings (SSSR count). The second-order valence-corrected chi connectivity index (χ2v) is 6.99. The quantitative estimate of drug-likeness (QED) is 0.758. The van der Waals surface area contributed by atoms with Gasteiger partial charge in [0.25, 0.3) is 5.91 Å². The van der Waals surface area contributed by atoms with Crippen LogP contribution >= 0.6 is 47.4 Å². The van der Waals surface area contributed by atoms with Crippen LogP contribution < -0.4 is 11.1 Å². The highest BCUT2D eigenvalue weighted by atomic mass is 35.5. The molecule has 0 aromatic heterocycles. The van der Waals surface area contributed by atoms with Crippen molar-refractivity contribution < 1.29 is 4.79 Å². The molecule has 2 atom stereocenters. The van der Waals surface area contributed by atoms with Crippen LogP contribution in [0, 0.1) is 5.92 Å². The van der Waals surface area contributed by atoms with E-state index >= 15 is 0 Å². The molecule has 1 amide bonds. The lowest BCUT2D eigenvalue weighted by molar-refractivity contribution is 0.0908. The van der Waals surface area contributed by atoms with Gasteiger partial charge in [0.2, 0.25) is 0 Å². The standard InChI is InChI=1S/C15H20Cl2N2OS.ClH/c1-21-14-6-10(11(16)7-12(14)17)15(20)19-13-5-3-2-4-9(13)8-18;/h6-7,9,13H,2-5,8,18H2,1H3,(H,19,20);1H. The zero-order valence-electron chi connectivity index (χ0n) is 12.4. The van der Waals surface area contributed by atoms with E-state index in [-0.39, 0.29) is 24.4 Å². The molecule has 1 fully saturated rings. The number of hydrogen-bond donors (Lipinski definition) is 2. The van der Waals surface area contributed by atoms with Gasteiger partial charge in [0.15, 0.2) is 0 Å². The summed E-state index contributed by atoms with van der Waals surface area (Å²) in [5, 5.41) is 4.05. The van der Waals surface area contributed by atoms with Gasteiger partial charge in [0.1, 0.15) is 0 Å². The zero-order valence-corrected chi connectivity index (χ0v) is 15.5. The molecule has 0 spiro atoms. The lowest BCUT2D eigenvalue weighted by atomic mass is 9.84. The molecule has 0 aliphatic heterocycles. The van der Waals surface area contributed by atoms with Crippen molar-refractivity contribution in [1.29, 1.82) is 0 Å². The van der Waals surface area contributed by atoms with E-state index in [2.05, 4.69) is 5.32 Å². The smallest absolute Gasteiger partial charge is 0.253 e. The van der Waals surface area contributed by atoms with Crippen LogP contribution in [0.25, 0.3) is 0 Å². The van der Waals surface area contributed by atoms with Crippen molar-refractivity contribution in [2.24, 2.45) is 11.7 Å². The van der Waals surface area contributed by atoms with Crippen LogP contribution in [0.5, 0.6) is 0 Å². The number of nitrogens with two attached hydrogens (primary N) is 1. The summed E-state index contributed by atoms with van der Waals surface area (Å²) in [5.41, 5.74) is 6.28. The third-order valence-corrected chi connectivity index (χ3v) is 5.53. The lowest BCUT2D eigenvalue weighted by Gasteiger charge is -2.31. The highest BCUT2D eigenvalue weighted by Gasteiger charge is 2.26. The minimum atomic E-state index is -0.141. The first kappa shape index (κ1) is 19.9. The van der Waals surface area contributed by atoms with Crippen molar-refractivity contribution in [3.8, 4) is 0 Å². The molecule has 7 heteroatoms. The number of hydrogen-bond acceptors (Lipinski definition) is 3. The summed E-state index contributed by atoms with van der Waals surface area (Å²) in [7, 11) is 0. The van der Waals surface area contributed by atoms with E-state index in [0.717, 1.165) is 24.2 Å². The average molecular weight is 384 g/mol. The largest absolute Gasteiger partial charge is 0.349 e. The van der Waals surface area contributed by atoms with Gasteiger partial charge in [-0.05, 0) is 43.7 Å². The molecule has 1 saturated carbocycles. The lowest BCUT2D eigenvalue weighted by Crippen LogP contribution is -2.44. The van der Waals surface area contributed by atoms with E-state index in [9.17, 15) is 4.79 Å². The predicted octanol–water partition coefficient (Wildman–Crippen LogP) is 4.38. The number of rotatable bonds is 4. The zero-order chi connectivity index (χ0) is 15.4. The van der Waals surface area contributed by atoms with Crippen LogP contribution in [0.1, 0.15) is 36.0 Å². The molecule has 0 radical (unpaired) electrons. The van der Waals surface area contributed by atoms with E-state index in [1.54, 1.807) is 12.1 Å². The molecular formula is C15H21Cl3N2OS. The van der Waals surface area contributed by atoms with Gasteiger partial charge >= 0.3 is 0 Å². The molecule has 1 aromatic rings. The van der Waals surface area contributed by atoms with E-state index in [1.807, 2.05) is 6.26 Å². The third-order valence-electron chi connectivity index (χ3n) is 4.01. The van der Waals surface area contributed by atoms with Crippen LogP contribution in [-0.4, -0.2) is 24.7 Å². The van der Waals surface area contributed by atoms with Crippen LogP contribution in [0.4, 0.5) is 0 Å². The van der Waals surface area contributed by atoms with Crippen LogP contribution in [-0.2, 0) is 0 Å². The molecule has 0 saturated heterocycles. The number of benzene rings is 1. The second-order valence-electron chi connectivity index (χ2n) is 5.33. The summed E-state index contributed by atoms with van der Waals surface area (Å²) < 4.78 is 0. The number of halogens is 3. The van der Waals surface area contributed by atoms with E-state index < -0.39 is 0 Å². The van der Waals surface area contributed by atoms with E-state index in [0.29, 0.717) is 28.1 Å². The molecule has 22 heavy (non-hydrogen) atoms. The number of nitrogens with one attached hydrogen (secondary N) is 1. The van der Waals surface area contributed by atoms with Gasteiger partial charge in [-0.1, -0.05) is 36.0 Å². The molecule has 0 bridgehead atoms. The molecule has 3 N–H and O–H groups in total. The summed E-state index contributed by atoms with van der Waals surface area (Å²) >= 11 is 13.7. The van der Waals surface area contributed by atoms with Gasteiger partial charge in [-0.2, -0.15) is 0 Å². The Labute approximate surface area is 152 Å². The molecule has 0 heterocycles. The Morgan fingerprint density at radius 2 is 2.00 bits per heavy atom. The van der Waals surface area contributed by atoms with Crippen molar-refractivity contribution in [2.75, 3.05) is 12.8 Å². The highest BCUT2D eigenvalue weighted by molar-refractivity contribution is 7.98. The summed E-state index contributed by atoms with van der Waals surface area (Å²) in [6.07, 6.45) is 6.29. The fraction of sp³-hybridized carbons (Fsp3) is 0.533. The van der Waals surface area contributed by atoms with Crippen LogP contribution in [0.3, 0.4) is 0 Å².